The molecule has 0 fully saturated rings. The SMILES string of the molecule is Fc1cc(F)cc(Oc2cc(F)cc(CCl)c2)c1. The maximum absolute atomic E-state index is 13.2. The summed E-state index contributed by atoms with van der Waals surface area (Å²) in [4.78, 5) is 0. The van der Waals surface area contributed by atoms with Gasteiger partial charge in [0.1, 0.15) is 29.0 Å². The van der Waals surface area contributed by atoms with E-state index in [1.54, 1.807) is 0 Å². The van der Waals surface area contributed by atoms with E-state index in [0.717, 1.165) is 24.3 Å². The van der Waals surface area contributed by atoms with Crippen LogP contribution in [-0.4, -0.2) is 0 Å². The van der Waals surface area contributed by atoms with Gasteiger partial charge in [-0.3, -0.25) is 0 Å². The zero-order valence-corrected chi connectivity index (χ0v) is 9.85. The van der Waals surface area contributed by atoms with Crippen LogP contribution in [0.4, 0.5) is 13.2 Å². The van der Waals surface area contributed by atoms with E-state index >= 15 is 0 Å². The monoisotopic (exact) mass is 272 g/mol. The van der Waals surface area contributed by atoms with Gasteiger partial charge >= 0.3 is 0 Å². The molecule has 94 valence electrons. The molecule has 1 nitrogen and oxygen atoms in total. The molecule has 0 amide bonds. The molecule has 0 aliphatic heterocycles. The average molecular weight is 273 g/mol. The Balaban J connectivity index is 2.30. The third kappa shape index (κ3) is 3.17. The summed E-state index contributed by atoms with van der Waals surface area (Å²) in [6.07, 6.45) is 0. The van der Waals surface area contributed by atoms with Crippen LogP contribution in [-0.2, 0) is 5.88 Å². The number of hydrogen-bond donors (Lipinski definition) is 0. The van der Waals surface area contributed by atoms with E-state index in [1.165, 1.54) is 12.1 Å². The molecule has 0 saturated carbocycles. The van der Waals surface area contributed by atoms with Crippen molar-refractivity contribution in [1.82, 2.24) is 0 Å². The van der Waals surface area contributed by atoms with Gasteiger partial charge in [-0.15, -0.1) is 11.6 Å². The predicted octanol–water partition coefficient (Wildman–Crippen LogP) is 4.64. The molecular formula is C13H8ClF3O. The molecule has 0 heterocycles. The third-order valence-electron chi connectivity index (χ3n) is 2.16. The van der Waals surface area contributed by atoms with Crippen LogP contribution >= 0.6 is 11.6 Å². The Labute approximate surface area is 107 Å². The lowest BCUT2D eigenvalue weighted by Gasteiger charge is -2.07. The first-order valence-corrected chi connectivity index (χ1v) is 5.59. The molecule has 0 atom stereocenters. The van der Waals surface area contributed by atoms with E-state index < -0.39 is 17.5 Å². The molecule has 0 unspecified atom stereocenters. The fourth-order valence-corrected chi connectivity index (χ4v) is 1.63. The maximum atomic E-state index is 13.2. The van der Waals surface area contributed by atoms with Gasteiger partial charge in [0, 0.05) is 30.1 Å². The number of hydrogen-bond acceptors (Lipinski definition) is 1. The smallest absolute Gasteiger partial charge is 0.133 e. The molecule has 18 heavy (non-hydrogen) atoms. The molecule has 0 radical (unpaired) electrons. The van der Waals surface area contributed by atoms with Crippen LogP contribution in [0.2, 0.25) is 0 Å². The molecule has 0 saturated heterocycles. The van der Waals surface area contributed by atoms with Crippen molar-refractivity contribution in [3.8, 4) is 11.5 Å². The second-order valence-corrected chi connectivity index (χ2v) is 3.90. The van der Waals surface area contributed by atoms with E-state index in [2.05, 4.69) is 0 Å². The normalized spacial score (nSPS) is 10.4. The lowest BCUT2D eigenvalue weighted by atomic mass is 10.2. The largest absolute Gasteiger partial charge is 0.457 e. The number of benzene rings is 2. The zero-order valence-electron chi connectivity index (χ0n) is 9.09. The fourth-order valence-electron chi connectivity index (χ4n) is 1.48. The minimum absolute atomic E-state index is 0.0429. The van der Waals surface area contributed by atoms with Crippen molar-refractivity contribution in [3.05, 3.63) is 59.4 Å². The Morgan fingerprint density at radius 2 is 1.28 bits per heavy atom. The molecule has 2 aromatic rings. The minimum atomic E-state index is -0.765. The summed E-state index contributed by atoms with van der Waals surface area (Å²) in [7, 11) is 0. The summed E-state index contributed by atoms with van der Waals surface area (Å²) in [5.74, 6) is -1.85. The second kappa shape index (κ2) is 5.31. The Morgan fingerprint density at radius 3 is 1.83 bits per heavy atom. The number of alkyl halides is 1. The Morgan fingerprint density at radius 1 is 0.778 bits per heavy atom. The summed E-state index contributed by atoms with van der Waals surface area (Å²) >= 11 is 5.58. The minimum Gasteiger partial charge on any atom is -0.457 e. The van der Waals surface area contributed by atoms with Crippen LogP contribution in [0, 0.1) is 17.5 Å². The summed E-state index contributed by atoms with van der Waals surface area (Å²) in [6.45, 7) is 0. The predicted molar refractivity (Wildman–Crippen MR) is 62.4 cm³/mol. The van der Waals surface area contributed by atoms with Crippen molar-refractivity contribution in [1.29, 1.82) is 0 Å². The number of ether oxygens (including phenoxy) is 1. The Hall–Kier alpha value is -1.68. The quantitative estimate of drug-likeness (QED) is 0.740. The van der Waals surface area contributed by atoms with Gasteiger partial charge in [0.15, 0.2) is 0 Å². The van der Waals surface area contributed by atoms with Gasteiger partial charge in [-0.25, -0.2) is 13.2 Å². The van der Waals surface area contributed by atoms with Gasteiger partial charge in [0.05, 0.1) is 0 Å². The molecule has 0 spiro atoms. The molecule has 5 heteroatoms. The lowest BCUT2D eigenvalue weighted by Crippen LogP contribution is -1.90. The molecule has 2 rings (SSSR count). The van der Waals surface area contributed by atoms with Gasteiger partial charge in [-0.05, 0) is 17.7 Å². The highest BCUT2D eigenvalue weighted by atomic mass is 35.5. The zero-order chi connectivity index (χ0) is 13.1. The molecule has 0 aliphatic rings. The number of rotatable bonds is 3. The van der Waals surface area contributed by atoms with Crippen LogP contribution < -0.4 is 4.74 Å². The number of halogens is 4. The van der Waals surface area contributed by atoms with E-state index in [1.807, 2.05) is 0 Å². The maximum Gasteiger partial charge on any atom is 0.133 e. The van der Waals surface area contributed by atoms with Gasteiger partial charge in [0.25, 0.3) is 0 Å². The highest BCUT2D eigenvalue weighted by Crippen LogP contribution is 2.25. The van der Waals surface area contributed by atoms with Crippen LogP contribution in [0.1, 0.15) is 5.56 Å². The van der Waals surface area contributed by atoms with Crippen molar-refractivity contribution in [2.24, 2.45) is 0 Å². The van der Waals surface area contributed by atoms with Crippen LogP contribution in [0.5, 0.6) is 11.5 Å². The first kappa shape index (κ1) is 12.8. The van der Waals surface area contributed by atoms with Crippen molar-refractivity contribution >= 4 is 11.6 Å². The van der Waals surface area contributed by atoms with E-state index in [4.69, 9.17) is 16.3 Å². The van der Waals surface area contributed by atoms with E-state index in [9.17, 15) is 13.2 Å². The average Bonchev–Trinajstić information content (AvgIpc) is 2.26. The van der Waals surface area contributed by atoms with Crippen LogP contribution in [0.25, 0.3) is 0 Å². The van der Waals surface area contributed by atoms with Crippen LogP contribution in [0.3, 0.4) is 0 Å². The molecule has 0 bridgehead atoms. The van der Waals surface area contributed by atoms with Crippen molar-refractivity contribution in [2.75, 3.05) is 0 Å². The molecular weight excluding hydrogens is 265 g/mol. The Kier molecular flexibility index (Phi) is 3.77. The molecule has 2 aromatic carbocycles. The molecule has 0 N–H and O–H groups in total. The molecule has 0 aromatic heterocycles. The summed E-state index contributed by atoms with van der Waals surface area (Å²) < 4.78 is 44.3. The van der Waals surface area contributed by atoms with Crippen molar-refractivity contribution < 1.29 is 17.9 Å². The van der Waals surface area contributed by atoms with Crippen molar-refractivity contribution in [3.63, 3.8) is 0 Å². The first-order chi connectivity index (χ1) is 8.56. The Bertz CT molecular complexity index is 552. The van der Waals surface area contributed by atoms with Crippen LogP contribution in [0.15, 0.2) is 36.4 Å². The van der Waals surface area contributed by atoms with Gasteiger partial charge in [0.2, 0.25) is 0 Å². The second-order valence-electron chi connectivity index (χ2n) is 3.64. The van der Waals surface area contributed by atoms with E-state index in [0.29, 0.717) is 5.56 Å². The standard InChI is InChI=1S/C13H8ClF3O/c14-7-8-1-9(15)4-12(2-8)18-13-5-10(16)3-11(17)6-13/h1-6H,7H2. The van der Waals surface area contributed by atoms with Gasteiger partial charge in [-0.2, -0.15) is 0 Å². The third-order valence-corrected chi connectivity index (χ3v) is 2.47. The van der Waals surface area contributed by atoms with E-state index in [-0.39, 0.29) is 17.4 Å². The highest BCUT2D eigenvalue weighted by Gasteiger charge is 2.05. The first-order valence-electron chi connectivity index (χ1n) is 5.06. The summed E-state index contributed by atoms with van der Waals surface area (Å²) in [5, 5.41) is 0. The summed E-state index contributed by atoms with van der Waals surface area (Å²) in [6, 6.07) is 6.61. The highest BCUT2D eigenvalue weighted by molar-refractivity contribution is 6.17. The molecule has 0 aliphatic carbocycles. The van der Waals surface area contributed by atoms with Gasteiger partial charge < -0.3 is 4.74 Å². The fraction of sp³-hybridized carbons (Fsp3) is 0.0769. The van der Waals surface area contributed by atoms with Gasteiger partial charge in [-0.1, -0.05) is 0 Å². The summed E-state index contributed by atoms with van der Waals surface area (Å²) in [5.41, 5.74) is 0.517. The van der Waals surface area contributed by atoms with Crippen molar-refractivity contribution in [2.45, 2.75) is 5.88 Å². The lowest BCUT2D eigenvalue weighted by molar-refractivity contribution is 0.463. The topological polar surface area (TPSA) is 9.23 Å².